The van der Waals surface area contributed by atoms with Crippen molar-refractivity contribution in [3.8, 4) is 0 Å². The smallest absolute Gasteiger partial charge is 0.00671 e. The molecule has 1 aliphatic heterocycles. The fraction of sp³-hybridized carbons (Fsp3) is 1.00. The van der Waals surface area contributed by atoms with Crippen LogP contribution < -0.4 is 5.32 Å². The molecule has 2 rings (SSSR count). The van der Waals surface area contributed by atoms with Gasteiger partial charge in [0.25, 0.3) is 0 Å². The molecule has 2 heteroatoms. The van der Waals surface area contributed by atoms with Crippen molar-refractivity contribution in [2.45, 2.75) is 89.5 Å². The van der Waals surface area contributed by atoms with Crippen LogP contribution in [0.5, 0.6) is 0 Å². The first-order chi connectivity index (χ1) is 10.3. The lowest BCUT2D eigenvalue weighted by molar-refractivity contribution is 0.200. The van der Waals surface area contributed by atoms with Crippen LogP contribution in [0.2, 0.25) is 0 Å². The Bertz CT molecular complexity index is 242. The zero-order chi connectivity index (χ0) is 14.8. The number of hydrogen-bond donors (Lipinski definition) is 1. The summed E-state index contributed by atoms with van der Waals surface area (Å²) >= 11 is 0. The van der Waals surface area contributed by atoms with Crippen LogP contribution in [0, 0.1) is 5.92 Å². The van der Waals surface area contributed by atoms with Gasteiger partial charge < -0.3 is 10.2 Å². The maximum absolute atomic E-state index is 3.94. The molecule has 0 bridgehead atoms. The Morgan fingerprint density at radius 3 is 1.90 bits per heavy atom. The van der Waals surface area contributed by atoms with E-state index in [9.17, 15) is 0 Å². The maximum atomic E-state index is 3.94. The zero-order valence-electron chi connectivity index (χ0n) is 14.4. The molecule has 0 amide bonds. The molecule has 1 saturated carbocycles. The predicted octanol–water partition coefficient (Wildman–Crippen LogP) is 4.59. The fourth-order valence-electron chi connectivity index (χ4n) is 4.14. The predicted molar refractivity (Wildman–Crippen MR) is 92.8 cm³/mol. The van der Waals surface area contributed by atoms with Crippen molar-refractivity contribution in [2.75, 3.05) is 26.7 Å². The largest absolute Gasteiger partial charge is 0.314 e. The summed E-state index contributed by atoms with van der Waals surface area (Å²) < 4.78 is 0. The second-order valence-corrected chi connectivity index (χ2v) is 7.63. The molecule has 1 atom stereocenters. The highest BCUT2D eigenvalue weighted by atomic mass is 15.1. The van der Waals surface area contributed by atoms with E-state index in [0.29, 0.717) is 0 Å². The van der Waals surface area contributed by atoms with E-state index >= 15 is 0 Å². The molecule has 2 nitrogen and oxygen atoms in total. The number of hydrogen-bond acceptors (Lipinski definition) is 2. The molecule has 1 saturated heterocycles. The minimum atomic E-state index is 0.802. The third-order valence-corrected chi connectivity index (χ3v) is 5.52. The molecular weight excluding hydrogens is 256 g/mol. The van der Waals surface area contributed by atoms with Crippen LogP contribution in [0.25, 0.3) is 0 Å². The van der Waals surface area contributed by atoms with Crippen molar-refractivity contribution in [2.24, 2.45) is 5.92 Å². The van der Waals surface area contributed by atoms with E-state index in [0.717, 1.165) is 12.0 Å². The number of piperidine rings is 1. The van der Waals surface area contributed by atoms with Crippen LogP contribution in [-0.2, 0) is 0 Å². The van der Waals surface area contributed by atoms with Gasteiger partial charge in [-0.2, -0.15) is 0 Å². The molecule has 0 spiro atoms. The minimum absolute atomic E-state index is 0.802. The first-order valence-corrected chi connectivity index (χ1v) is 9.76. The van der Waals surface area contributed by atoms with Crippen LogP contribution in [0.3, 0.4) is 0 Å². The van der Waals surface area contributed by atoms with Gasteiger partial charge in [0.15, 0.2) is 0 Å². The molecule has 2 fully saturated rings. The van der Waals surface area contributed by atoms with E-state index < -0.39 is 0 Å². The van der Waals surface area contributed by atoms with Gasteiger partial charge in [-0.3, -0.25) is 0 Å². The van der Waals surface area contributed by atoms with Gasteiger partial charge in [-0.05, 0) is 51.7 Å². The van der Waals surface area contributed by atoms with E-state index in [-0.39, 0.29) is 0 Å². The Labute approximate surface area is 133 Å². The van der Waals surface area contributed by atoms with Crippen molar-refractivity contribution in [3.05, 3.63) is 0 Å². The van der Waals surface area contributed by atoms with Crippen molar-refractivity contribution in [1.82, 2.24) is 10.2 Å². The Hall–Kier alpha value is -0.0800. The second-order valence-electron chi connectivity index (χ2n) is 7.63. The summed E-state index contributed by atoms with van der Waals surface area (Å²) in [5.74, 6) is 0.894. The normalized spacial score (nSPS) is 28.7. The Morgan fingerprint density at radius 2 is 1.33 bits per heavy atom. The van der Waals surface area contributed by atoms with Gasteiger partial charge in [0, 0.05) is 12.6 Å². The average molecular weight is 295 g/mol. The summed E-state index contributed by atoms with van der Waals surface area (Å²) in [4.78, 5) is 2.51. The summed E-state index contributed by atoms with van der Waals surface area (Å²) in [5.41, 5.74) is 0. The minimum Gasteiger partial charge on any atom is -0.314 e. The highest BCUT2D eigenvalue weighted by Gasteiger charge is 2.18. The summed E-state index contributed by atoms with van der Waals surface area (Å²) in [6.07, 6.45) is 18.9. The van der Waals surface area contributed by atoms with Crippen LogP contribution in [0.4, 0.5) is 0 Å². The SMILES string of the molecule is CN1CCCC(CNC2CCCCCCCCCCC2)C1. The lowest BCUT2D eigenvalue weighted by atomic mass is 9.95. The van der Waals surface area contributed by atoms with E-state index in [1.54, 1.807) is 0 Å². The van der Waals surface area contributed by atoms with Gasteiger partial charge in [0.2, 0.25) is 0 Å². The van der Waals surface area contributed by atoms with E-state index in [4.69, 9.17) is 0 Å². The van der Waals surface area contributed by atoms with Crippen molar-refractivity contribution < 1.29 is 0 Å². The molecule has 0 aromatic heterocycles. The first-order valence-electron chi connectivity index (χ1n) is 9.76. The monoisotopic (exact) mass is 294 g/mol. The molecule has 1 unspecified atom stereocenters. The van der Waals surface area contributed by atoms with Crippen molar-refractivity contribution in [1.29, 1.82) is 0 Å². The molecule has 1 heterocycles. The molecule has 0 aromatic carbocycles. The number of nitrogens with zero attached hydrogens (tertiary/aromatic N) is 1. The van der Waals surface area contributed by atoms with Crippen LogP contribution in [0.1, 0.15) is 83.5 Å². The van der Waals surface area contributed by atoms with Gasteiger partial charge in [0.05, 0.1) is 0 Å². The molecular formula is C19H38N2. The molecule has 0 aromatic rings. The lowest BCUT2D eigenvalue weighted by Gasteiger charge is -2.31. The second kappa shape index (κ2) is 10.6. The van der Waals surface area contributed by atoms with Crippen LogP contribution >= 0.6 is 0 Å². The van der Waals surface area contributed by atoms with E-state index in [2.05, 4.69) is 17.3 Å². The molecule has 1 aliphatic carbocycles. The van der Waals surface area contributed by atoms with Gasteiger partial charge in [-0.25, -0.2) is 0 Å². The van der Waals surface area contributed by atoms with E-state index in [1.165, 1.54) is 103 Å². The fourth-order valence-corrected chi connectivity index (χ4v) is 4.14. The molecule has 0 radical (unpaired) electrons. The van der Waals surface area contributed by atoms with E-state index in [1.807, 2.05) is 0 Å². The zero-order valence-corrected chi connectivity index (χ0v) is 14.4. The lowest BCUT2D eigenvalue weighted by Crippen LogP contribution is -2.40. The quantitative estimate of drug-likeness (QED) is 0.819. The number of nitrogens with one attached hydrogen (secondary N) is 1. The maximum Gasteiger partial charge on any atom is 0.00671 e. The average Bonchev–Trinajstić information content (AvgIpc) is 2.47. The number of rotatable bonds is 3. The third-order valence-electron chi connectivity index (χ3n) is 5.52. The Balaban J connectivity index is 1.67. The van der Waals surface area contributed by atoms with Gasteiger partial charge >= 0.3 is 0 Å². The van der Waals surface area contributed by atoms with Crippen molar-refractivity contribution in [3.63, 3.8) is 0 Å². The molecule has 21 heavy (non-hydrogen) atoms. The topological polar surface area (TPSA) is 15.3 Å². The van der Waals surface area contributed by atoms with Crippen LogP contribution in [0.15, 0.2) is 0 Å². The highest BCUT2D eigenvalue weighted by molar-refractivity contribution is 4.76. The summed E-state index contributed by atoms with van der Waals surface area (Å²) in [6.45, 7) is 3.87. The van der Waals surface area contributed by atoms with Gasteiger partial charge in [-0.15, -0.1) is 0 Å². The van der Waals surface area contributed by atoms with Gasteiger partial charge in [-0.1, -0.05) is 57.8 Å². The Morgan fingerprint density at radius 1 is 0.762 bits per heavy atom. The highest BCUT2D eigenvalue weighted by Crippen LogP contribution is 2.18. The molecule has 124 valence electrons. The first kappa shape index (κ1) is 17.3. The van der Waals surface area contributed by atoms with Crippen LogP contribution in [-0.4, -0.2) is 37.6 Å². The molecule has 2 aliphatic rings. The van der Waals surface area contributed by atoms with Gasteiger partial charge in [0.1, 0.15) is 0 Å². The van der Waals surface area contributed by atoms with Crippen molar-refractivity contribution >= 4 is 0 Å². The third kappa shape index (κ3) is 7.65. The molecule has 1 N–H and O–H groups in total. The summed E-state index contributed by atoms with van der Waals surface area (Å²) in [6, 6.07) is 0.802. The standard InChI is InChI=1S/C19H38N2/c1-21-15-11-12-18(17-21)16-20-19-13-9-7-5-3-2-4-6-8-10-14-19/h18-20H,2-17H2,1H3. The summed E-state index contributed by atoms with van der Waals surface area (Å²) in [7, 11) is 2.28. The Kier molecular flexibility index (Phi) is 8.73. The number of likely N-dealkylation sites (tertiary alicyclic amines) is 1. The summed E-state index contributed by atoms with van der Waals surface area (Å²) in [5, 5.41) is 3.94.